The number of hydrogen-bond acceptors (Lipinski definition) is 6. The third-order valence-electron chi connectivity index (χ3n) is 4.69. The standard InChI is InChI=1S/C21H20N2O5/c24-20(14-26-17-5-3-15-4-6-21(25)28-19(15)12-17)23-10-7-16(8-11-23)27-18-2-1-9-22-13-18/h1-6,9,12-13,16H,7-8,10-11,14H2. The van der Waals surface area contributed by atoms with Gasteiger partial charge in [-0.25, -0.2) is 4.79 Å². The minimum atomic E-state index is -0.419. The van der Waals surface area contributed by atoms with Crippen LogP contribution < -0.4 is 15.1 Å². The van der Waals surface area contributed by atoms with Gasteiger partial charge >= 0.3 is 5.63 Å². The maximum absolute atomic E-state index is 12.4. The van der Waals surface area contributed by atoms with Crippen LogP contribution in [0.25, 0.3) is 11.0 Å². The Kier molecular flexibility index (Phi) is 5.23. The molecule has 1 aromatic carbocycles. The molecular formula is C21H20N2O5. The number of rotatable bonds is 5. The van der Waals surface area contributed by atoms with Crippen molar-refractivity contribution in [1.29, 1.82) is 0 Å². The Balaban J connectivity index is 1.28. The SMILES string of the molecule is O=C(COc1ccc2ccc(=O)oc2c1)N1CCC(Oc2cccnc2)CC1. The number of carbonyl (C=O) groups excluding carboxylic acids is 1. The van der Waals surface area contributed by atoms with E-state index in [0.29, 0.717) is 24.4 Å². The molecule has 3 heterocycles. The van der Waals surface area contributed by atoms with Crippen molar-refractivity contribution in [1.82, 2.24) is 9.88 Å². The van der Waals surface area contributed by atoms with Crippen LogP contribution >= 0.6 is 0 Å². The van der Waals surface area contributed by atoms with Crippen LogP contribution in [0.1, 0.15) is 12.8 Å². The number of aromatic nitrogens is 1. The maximum Gasteiger partial charge on any atom is 0.336 e. The van der Waals surface area contributed by atoms with Gasteiger partial charge in [0.05, 0.1) is 6.20 Å². The van der Waals surface area contributed by atoms with E-state index in [1.807, 2.05) is 12.1 Å². The minimum absolute atomic E-state index is 0.0588. The molecule has 2 aromatic heterocycles. The van der Waals surface area contributed by atoms with Crippen LogP contribution in [0.2, 0.25) is 0 Å². The number of fused-ring (bicyclic) bond motifs is 1. The molecule has 3 aromatic rings. The molecule has 7 heteroatoms. The molecule has 1 saturated heterocycles. The zero-order chi connectivity index (χ0) is 19.3. The van der Waals surface area contributed by atoms with Crippen LogP contribution in [0.5, 0.6) is 11.5 Å². The second-order valence-electron chi connectivity index (χ2n) is 6.63. The van der Waals surface area contributed by atoms with Crippen molar-refractivity contribution in [2.75, 3.05) is 19.7 Å². The van der Waals surface area contributed by atoms with Crippen LogP contribution in [-0.4, -0.2) is 41.6 Å². The van der Waals surface area contributed by atoms with E-state index in [-0.39, 0.29) is 18.6 Å². The summed E-state index contributed by atoms with van der Waals surface area (Å²) in [7, 11) is 0. The van der Waals surface area contributed by atoms with Crippen molar-refractivity contribution in [2.45, 2.75) is 18.9 Å². The second-order valence-corrected chi connectivity index (χ2v) is 6.63. The number of benzene rings is 1. The highest BCUT2D eigenvalue weighted by Gasteiger charge is 2.24. The summed E-state index contributed by atoms with van der Waals surface area (Å²) >= 11 is 0. The van der Waals surface area contributed by atoms with Crippen molar-refractivity contribution in [3.63, 3.8) is 0 Å². The highest BCUT2D eigenvalue weighted by molar-refractivity contribution is 5.79. The lowest BCUT2D eigenvalue weighted by Gasteiger charge is -2.32. The third kappa shape index (κ3) is 4.31. The topological polar surface area (TPSA) is 81.9 Å². The predicted molar refractivity (Wildman–Crippen MR) is 102 cm³/mol. The van der Waals surface area contributed by atoms with Gasteiger partial charge < -0.3 is 18.8 Å². The number of hydrogen-bond donors (Lipinski definition) is 0. The summed E-state index contributed by atoms with van der Waals surface area (Å²) < 4.78 is 16.6. The molecular weight excluding hydrogens is 360 g/mol. The molecule has 0 unspecified atom stereocenters. The summed E-state index contributed by atoms with van der Waals surface area (Å²) in [6.07, 6.45) is 5.01. The van der Waals surface area contributed by atoms with Gasteiger partial charge in [0.2, 0.25) is 0 Å². The molecule has 0 radical (unpaired) electrons. The molecule has 0 spiro atoms. The summed E-state index contributed by atoms with van der Waals surface area (Å²) in [5, 5.41) is 0.800. The zero-order valence-electron chi connectivity index (χ0n) is 15.2. The lowest BCUT2D eigenvalue weighted by Crippen LogP contribution is -2.43. The monoisotopic (exact) mass is 380 g/mol. The van der Waals surface area contributed by atoms with Crippen LogP contribution in [0, 0.1) is 0 Å². The summed E-state index contributed by atoms with van der Waals surface area (Å²) in [6.45, 7) is 1.19. The lowest BCUT2D eigenvalue weighted by molar-refractivity contribution is -0.135. The van der Waals surface area contributed by atoms with E-state index in [4.69, 9.17) is 13.9 Å². The van der Waals surface area contributed by atoms with E-state index < -0.39 is 5.63 Å². The Morgan fingerprint density at radius 3 is 2.75 bits per heavy atom. The van der Waals surface area contributed by atoms with Gasteiger partial charge in [-0.3, -0.25) is 9.78 Å². The average molecular weight is 380 g/mol. The molecule has 0 N–H and O–H groups in total. The fourth-order valence-corrected chi connectivity index (χ4v) is 3.20. The first-order valence-corrected chi connectivity index (χ1v) is 9.18. The fourth-order valence-electron chi connectivity index (χ4n) is 3.20. The summed E-state index contributed by atoms with van der Waals surface area (Å²) in [4.78, 5) is 29.6. The van der Waals surface area contributed by atoms with Crippen LogP contribution in [-0.2, 0) is 4.79 Å². The lowest BCUT2D eigenvalue weighted by atomic mass is 10.1. The first kappa shape index (κ1) is 18.0. The van der Waals surface area contributed by atoms with Crippen LogP contribution in [0.15, 0.2) is 64.1 Å². The van der Waals surface area contributed by atoms with Crippen LogP contribution in [0.4, 0.5) is 0 Å². The Bertz CT molecular complexity index is 1010. The number of ether oxygens (including phenoxy) is 2. The Labute approximate surface area is 161 Å². The first-order valence-electron chi connectivity index (χ1n) is 9.18. The van der Waals surface area contributed by atoms with E-state index in [1.165, 1.54) is 6.07 Å². The van der Waals surface area contributed by atoms with Crippen molar-refractivity contribution < 1.29 is 18.7 Å². The molecule has 0 saturated carbocycles. The maximum atomic E-state index is 12.4. The van der Waals surface area contributed by atoms with Gasteiger partial charge in [0.15, 0.2) is 6.61 Å². The largest absolute Gasteiger partial charge is 0.489 e. The Morgan fingerprint density at radius 2 is 1.96 bits per heavy atom. The van der Waals surface area contributed by atoms with Gasteiger partial charge in [0.1, 0.15) is 23.2 Å². The number of pyridine rings is 1. The van der Waals surface area contributed by atoms with Crippen molar-refractivity contribution in [2.24, 2.45) is 0 Å². The van der Waals surface area contributed by atoms with E-state index >= 15 is 0 Å². The molecule has 7 nitrogen and oxygen atoms in total. The molecule has 1 amide bonds. The van der Waals surface area contributed by atoms with Crippen molar-refractivity contribution in [3.8, 4) is 11.5 Å². The second kappa shape index (κ2) is 8.12. The van der Waals surface area contributed by atoms with Gasteiger partial charge in [0.25, 0.3) is 5.91 Å². The van der Waals surface area contributed by atoms with Crippen molar-refractivity contribution in [3.05, 3.63) is 65.3 Å². The Morgan fingerprint density at radius 1 is 1.14 bits per heavy atom. The first-order chi connectivity index (χ1) is 13.7. The molecule has 1 fully saturated rings. The number of piperidine rings is 1. The average Bonchev–Trinajstić information content (AvgIpc) is 2.73. The van der Waals surface area contributed by atoms with Gasteiger partial charge in [-0.2, -0.15) is 0 Å². The number of nitrogens with zero attached hydrogens (tertiary/aromatic N) is 2. The molecule has 0 atom stereocenters. The van der Waals surface area contributed by atoms with Crippen molar-refractivity contribution >= 4 is 16.9 Å². The van der Waals surface area contributed by atoms with E-state index in [0.717, 1.165) is 24.0 Å². The summed E-state index contributed by atoms with van der Waals surface area (Å²) in [5.41, 5.74) is 0.0166. The third-order valence-corrected chi connectivity index (χ3v) is 4.69. The molecule has 0 aliphatic carbocycles. The normalized spacial score (nSPS) is 14.8. The molecule has 1 aliphatic heterocycles. The zero-order valence-corrected chi connectivity index (χ0v) is 15.2. The fraction of sp³-hybridized carbons (Fsp3) is 0.286. The molecule has 28 heavy (non-hydrogen) atoms. The summed E-state index contributed by atoms with van der Waals surface area (Å²) in [6, 6.07) is 11.9. The summed E-state index contributed by atoms with van der Waals surface area (Å²) in [5.74, 6) is 1.16. The number of likely N-dealkylation sites (tertiary alicyclic amines) is 1. The predicted octanol–water partition coefficient (Wildman–Crippen LogP) is 2.64. The van der Waals surface area contributed by atoms with Gasteiger partial charge in [-0.1, -0.05) is 0 Å². The molecule has 4 rings (SSSR count). The van der Waals surface area contributed by atoms with Crippen LogP contribution in [0.3, 0.4) is 0 Å². The quantitative estimate of drug-likeness (QED) is 0.633. The minimum Gasteiger partial charge on any atom is -0.489 e. The Hall–Kier alpha value is -3.35. The smallest absolute Gasteiger partial charge is 0.336 e. The number of amides is 1. The van der Waals surface area contributed by atoms with E-state index in [2.05, 4.69) is 4.98 Å². The molecule has 1 aliphatic rings. The van der Waals surface area contributed by atoms with E-state index in [1.54, 1.807) is 41.6 Å². The highest BCUT2D eigenvalue weighted by Crippen LogP contribution is 2.21. The van der Waals surface area contributed by atoms with Gasteiger partial charge in [-0.05, 0) is 30.3 Å². The van der Waals surface area contributed by atoms with E-state index in [9.17, 15) is 9.59 Å². The molecule has 0 bridgehead atoms. The molecule has 144 valence electrons. The van der Waals surface area contributed by atoms with Gasteiger partial charge in [0, 0.05) is 49.6 Å². The highest BCUT2D eigenvalue weighted by atomic mass is 16.5. The van der Waals surface area contributed by atoms with Gasteiger partial charge in [-0.15, -0.1) is 0 Å². The number of carbonyl (C=O) groups is 1.